The van der Waals surface area contributed by atoms with Gasteiger partial charge in [-0.2, -0.15) is 5.10 Å². The average Bonchev–Trinajstić information content (AvgIpc) is 2.75. The minimum Gasteiger partial charge on any atom is -0.496 e. The number of nitrogens with zero attached hydrogens (tertiary/aromatic N) is 2. The predicted molar refractivity (Wildman–Crippen MR) is 75.8 cm³/mol. The van der Waals surface area contributed by atoms with Crippen molar-refractivity contribution in [3.8, 4) is 5.75 Å². The van der Waals surface area contributed by atoms with E-state index in [1.807, 2.05) is 37.4 Å². The van der Waals surface area contributed by atoms with Gasteiger partial charge in [0, 0.05) is 10.9 Å². The van der Waals surface area contributed by atoms with Gasteiger partial charge in [0.15, 0.2) is 0 Å². The maximum Gasteiger partial charge on any atom is 0.203 e. The van der Waals surface area contributed by atoms with Crippen molar-refractivity contribution < 1.29 is 4.74 Å². The summed E-state index contributed by atoms with van der Waals surface area (Å²) in [6, 6.07) is 5.95. The van der Waals surface area contributed by atoms with E-state index in [2.05, 4.69) is 15.5 Å². The monoisotopic (exact) mass is 261 g/mol. The van der Waals surface area contributed by atoms with E-state index >= 15 is 0 Å². The molecule has 0 radical (unpaired) electrons. The molecule has 0 unspecified atom stereocenters. The van der Waals surface area contributed by atoms with Gasteiger partial charge in [0.2, 0.25) is 5.13 Å². The highest BCUT2D eigenvalue weighted by atomic mass is 32.1. The molecule has 2 rings (SSSR count). The van der Waals surface area contributed by atoms with E-state index in [1.54, 1.807) is 13.3 Å². The van der Waals surface area contributed by atoms with E-state index in [4.69, 9.17) is 4.74 Å². The predicted octanol–water partition coefficient (Wildman–Crippen LogP) is 3.21. The fourth-order valence-corrected chi connectivity index (χ4v) is 2.26. The van der Waals surface area contributed by atoms with Crippen LogP contribution >= 0.6 is 11.3 Å². The van der Waals surface area contributed by atoms with Gasteiger partial charge in [-0.1, -0.05) is 12.1 Å². The van der Waals surface area contributed by atoms with E-state index in [0.717, 1.165) is 27.7 Å². The highest BCUT2D eigenvalue weighted by Crippen LogP contribution is 2.21. The molecule has 1 heterocycles. The molecule has 1 N–H and O–H groups in total. The van der Waals surface area contributed by atoms with Gasteiger partial charge in [0.05, 0.1) is 19.0 Å². The first-order valence-electron chi connectivity index (χ1n) is 5.55. The molecule has 0 aliphatic rings. The van der Waals surface area contributed by atoms with Crippen molar-refractivity contribution in [3.63, 3.8) is 0 Å². The fourth-order valence-electron chi connectivity index (χ4n) is 1.62. The summed E-state index contributed by atoms with van der Waals surface area (Å²) in [5.41, 5.74) is 5.93. The maximum absolute atomic E-state index is 5.35. The number of aryl methyl sites for hydroxylation is 2. The van der Waals surface area contributed by atoms with Crippen LogP contribution in [-0.2, 0) is 0 Å². The SMILES string of the molecule is COc1c(C)cccc1C=NNc1nc(C)cs1. The molecule has 0 saturated heterocycles. The third kappa shape index (κ3) is 2.87. The van der Waals surface area contributed by atoms with Gasteiger partial charge in [-0.3, -0.25) is 5.43 Å². The zero-order valence-electron chi connectivity index (χ0n) is 10.6. The number of methoxy groups -OCH3 is 1. The highest BCUT2D eigenvalue weighted by molar-refractivity contribution is 7.13. The number of hydrazone groups is 1. The van der Waals surface area contributed by atoms with Crippen LogP contribution < -0.4 is 10.2 Å². The summed E-state index contributed by atoms with van der Waals surface area (Å²) < 4.78 is 5.35. The van der Waals surface area contributed by atoms with E-state index < -0.39 is 0 Å². The maximum atomic E-state index is 5.35. The molecule has 1 aromatic carbocycles. The lowest BCUT2D eigenvalue weighted by Gasteiger charge is -2.07. The number of rotatable bonds is 4. The lowest BCUT2D eigenvalue weighted by atomic mass is 10.1. The van der Waals surface area contributed by atoms with Gasteiger partial charge in [-0.25, -0.2) is 4.98 Å². The van der Waals surface area contributed by atoms with Crippen LogP contribution in [0.3, 0.4) is 0 Å². The molecule has 2 aromatic rings. The Kier molecular flexibility index (Phi) is 3.94. The van der Waals surface area contributed by atoms with Crippen LogP contribution in [0.25, 0.3) is 0 Å². The molecule has 0 atom stereocenters. The first-order chi connectivity index (χ1) is 8.70. The molecule has 0 saturated carbocycles. The molecule has 0 aliphatic heterocycles. The Morgan fingerprint density at radius 1 is 1.39 bits per heavy atom. The van der Waals surface area contributed by atoms with E-state index in [-0.39, 0.29) is 0 Å². The van der Waals surface area contributed by atoms with E-state index in [1.165, 1.54) is 11.3 Å². The molecule has 5 heteroatoms. The second kappa shape index (κ2) is 5.64. The zero-order chi connectivity index (χ0) is 13.0. The van der Waals surface area contributed by atoms with Gasteiger partial charge in [-0.15, -0.1) is 11.3 Å². The Balaban J connectivity index is 2.11. The minimum absolute atomic E-state index is 0.787. The van der Waals surface area contributed by atoms with Gasteiger partial charge >= 0.3 is 0 Å². The number of aromatic nitrogens is 1. The number of ether oxygens (including phenoxy) is 1. The third-order valence-electron chi connectivity index (χ3n) is 2.43. The molecule has 0 bridgehead atoms. The van der Waals surface area contributed by atoms with Gasteiger partial charge in [-0.05, 0) is 25.5 Å². The summed E-state index contributed by atoms with van der Waals surface area (Å²) in [6.07, 6.45) is 1.74. The number of para-hydroxylation sites is 1. The minimum atomic E-state index is 0.787. The standard InChI is InChI=1S/C13H15N3OS/c1-9-5-4-6-11(12(9)17-3)7-14-16-13-15-10(2)8-18-13/h4-8H,1-3H3,(H,15,16). The number of benzene rings is 1. The van der Waals surface area contributed by atoms with Gasteiger partial charge < -0.3 is 4.74 Å². The summed E-state index contributed by atoms with van der Waals surface area (Å²) in [5.74, 6) is 0.846. The molecule has 4 nitrogen and oxygen atoms in total. The summed E-state index contributed by atoms with van der Waals surface area (Å²) in [7, 11) is 1.66. The molecule has 18 heavy (non-hydrogen) atoms. The van der Waals surface area contributed by atoms with E-state index in [0.29, 0.717) is 0 Å². The van der Waals surface area contributed by atoms with Crippen molar-refractivity contribution >= 4 is 22.7 Å². The number of hydrogen-bond donors (Lipinski definition) is 1. The molecule has 0 aliphatic carbocycles. The van der Waals surface area contributed by atoms with Crippen molar-refractivity contribution in [2.45, 2.75) is 13.8 Å². The second-order valence-electron chi connectivity index (χ2n) is 3.86. The topological polar surface area (TPSA) is 46.5 Å². The van der Waals surface area contributed by atoms with E-state index in [9.17, 15) is 0 Å². The summed E-state index contributed by atoms with van der Waals surface area (Å²) >= 11 is 1.53. The Bertz CT molecular complexity index is 563. The Hall–Kier alpha value is -1.88. The lowest BCUT2D eigenvalue weighted by molar-refractivity contribution is 0.411. The number of thiazole rings is 1. The van der Waals surface area contributed by atoms with Gasteiger partial charge in [0.1, 0.15) is 5.75 Å². The van der Waals surface area contributed by atoms with Crippen LogP contribution in [0.2, 0.25) is 0 Å². The summed E-state index contributed by atoms with van der Waals surface area (Å²) in [5, 5.41) is 6.93. The first kappa shape index (κ1) is 12.6. The average molecular weight is 261 g/mol. The molecular weight excluding hydrogens is 246 g/mol. The van der Waals surface area contributed by atoms with Crippen molar-refractivity contribution in [1.29, 1.82) is 0 Å². The molecule has 0 fully saturated rings. The van der Waals surface area contributed by atoms with Crippen LogP contribution in [0.1, 0.15) is 16.8 Å². The highest BCUT2D eigenvalue weighted by Gasteiger charge is 2.03. The quantitative estimate of drug-likeness (QED) is 0.679. The number of anilines is 1. The first-order valence-corrected chi connectivity index (χ1v) is 6.43. The zero-order valence-corrected chi connectivity index (χ0v) is 11.4. The van der Waals surface area contributed by atoms with Crippen molar-refractivity contribution in [2.75, 3.05) is 12.5 Å². The molecule has 94 valence electrons. The lowest BCUT2D eigenvalue weighted by Crippen LogP contribution is -1.95. The number of hydrogen-bond acceptors (Lipinski definition) is 5. The summed E-state index contributed by atoms with van der Waals surface area (Å²) in [6.45, 7) is 3.96. The smallest absolute Gasteiger partial charge is 0.203 e. The molecule has 1 aromatic heterocycles. The largest absolute Gasteiger partial charge is 0.496 e. The third-order valence-corrected chi connectivity index (χ3v) is 3.29. The van der Waals surface area contributed by atoms with Crippen molar-refractivity contribution in [3.05, 3.63) is 40.4 Å². The van der Waals surface area contributed by atoms with Crippen LogP contribution in [0.4, 0.5) is 5.13 Å². The second-order valence-corrected chi connectivity index (χ2v) is 4.72. The molecule has 0 amide bonds. The van der Waals surface area contributed by atoms with Crippen molar-refractivity contribution in [1.82, 2.24) is 4.98 Å². The van der Waals surface area contributed by atoms with Crippen LogP contribution in [-0.4, -0.2) is 18.3 Å². The Labute approximate surface area is 110 Å². The van der Waals surface area contributed by atoms with Crippen LogP contribution in [0.15, 0.2) is 28.7 Å². The molecule has 0 spiro atoms. The Morgan fingerprint density at radius 3 is 2.89 bits per heavy atom. The number of nitrogens with one attached hydrogen (secondary N) is 1. The van der Waals surface area contributed by atoms with Crippen LogP contribution in [0.5, 0.6) is 5.75 Å². The van der Waals surface area contributed by atoms with Crippen LogP contribution in [0, 0.1) is 13.8 Å². The Morgan fingerprint density at radius 2 is 2.22 bits per heavy atom. The summed E-state index contributed by atoms with van der Waals surface area (Å²) in [4.78, 5) is 4.26. The molecular formula is C13H15N3OS. The fraction of sp³-hybridized carbons (Fsp3) is 0.231. The normalized spacial score (nSPS) is 10.8. The van der Waals surface area contributed by atoms with Crippen molar-refractivity contribution in [2.24, 2.45) is 5.10 Å². The van der Waals surface area contributed by atoms with Gasteiger partial charge in [0.25, 0.3) is 0 Å².